The van der Waals surface area contributed by atoms with Gasteiger partial charge in [0.1, 0.15) is 0 Å². The third-order valence-corrected chi connectivity index (χ3v) is 2.89. The van der Waals surface area contributed by atoms with Gasteiger partial charge < -0.3 is 0 Å². The van der Waals surface area contributed by atoms with Crippen LogP contribution >= 0.6 is 12.4 Å². The standard InChI is InChI=1S/C15H21N.ClH/c1-5-10-16(11-6-2)12-15-9-7-8-13(3)14(15)4;/h5-9H,1-2,10-12H2,3-4H3;1H. The van der Waals surface area contributed by atoms with E-state index in [1.807, 2.05) is 12.2 Å². The molecule has 94 valence electrons. The van der Waals surface area contributed by atoms with Gasteiger partial charge in [-0.1, -0.05) is 30.4 Å². The molecule has 0 bridgehead atoms. The van der Waals surface area contributed by atoms with Crippen molar-refractivity contribution in [1.29, 1.82) is 0 Å². The summed E-state index contributed by atoms with van der Waals surface area (Å²) in [5.41, 5.74) is 4.14. The Hall–Kier alpha value is -1.05. The third-order valence-electron chi connectivity index (χ3n) is 2.89. The second kappa shape index (κ2) is 8.10. The number of hydrogen-bond donors (Lipinski definition) is 0. The lowest BCUT2D eigenvalue weighted by Crippen LogP contribution is -2.23. The zero-order valence-corrected chi connectivity index (χ0v) is 11.6. The van der Waals surface area contributed by atoms with Crippen LogP contribution in [0.4, 0.5) is 0 Å². The number of halogens is 1. The van der Waals surface area contributed by atoms with Gasteiger partial charge in [-0.3, -0.25) is 4.90 Å². The highest BCUT2D eigenvalue weighted by Gasteiger charge is 2.05. The fourth-order valence-corrected chi connectivity index (χ4v) is 1.79. The quantitative estimate of drug-likeness (QED) is 0.694. The second-order valence-electron chi connectivity index (χ2n) is 4.13. The molecule has 0 saturated heterocycles. The summed E-state index contributed by atoms with van der Waals surface area (Å²) in [6.45, 7) is 14.7. The number of benzene rings is 1. The lowest BCUT2D eigenvalue weighted by Gasteiger charge is -2.20. The van der Waals surface area contributed by atoms with E-state index in [1.165, 1.54) is 16.7 Å². The number of nitrogens with zero attached hydrogens (tertiary/aromatic N) is 1. The van der Waals surface area contributed by atoms with Crippen LogP contribution in [-0.2, 0) is 6.54 Å². The molecular weight excluding hydrogens is 230 g/mol. The van der Waals surface area contributed by atoms with Gasteiger partial charge in [0.05, 0.1) is 0 Å². The van der Waals surface area contributed by atoms with E-state index >= 15 is 0 Å². The maximum absolute atomic E-state index is 3.79. The normalized spacial score (nSPS) is 9.82. The Kier molecular flexibility index (Phi) is 7.60. The van der Waals surface area contributed by atoms with Gasteiger partial charge in [0, 0.05) is 19.6 Å². The molecule has 0 heterocycles. The average Bonchev–Trinajstić information content (AvgIpc) is 2.25. The van der Waals surface area contributed by atoms with Gasteiger partial charge >= 0.3 is 0 Å². The molecule has 0 aliphatic carbocycles. The summed E-state index contributed by atoms with van der Waals surface area (Å²) < 4.78 is 0. The van der Waals surface area contributed by atoms with Gasteiger partial charge in [0.25, 0.3) is 0 Å². The summed E-state index contributed by atoms with van der Waals surface area (Å²) in [4.78, 5) is 2.32. The van der Waals surface area contributed by atoms with Crippen molar-refractivity contribution in [2.45, 2.75) is 20.4 Å². The lowest BCUT2D eigenvalue weighted by molar-refractivity contribution is 0.327. The minimum Gasteiger partial charge on any atom is -0.292 e. The van der Waals surface area contributed by atoms with E-state index in [9.17, 15) is 0 Å². The van der Waals surface area contributed by atoms with E-state index in [2.05, 4.69) is 50.1 Å². The van der Waals surface area contributed by atoms with Crippen LogP contribution in [0.5, 0.6) is 0 Å². The van der Waals surface area contributed by atoms with Crippen LogP contribution in [-0.4, -0.2) is 18.0 Å². The largest absolute Gasteiger partial charge is 0.292 e. The van der Waals surface area contributed by atoms with Crippen molar-refractivity contribution in [3.8, 4) is 0 Å². The Labute approximate surface area is 111 Å². The maximum atomic E-state index is 3.79. The van der Waals surface area contributed by atoms with Gasteiger partial charge in [0.2, 0.25) is 0 Å². The van der Waals surface area contributed by atoms with Crippen LogP contribution in [0.3, 0.4) is 0 Å². The van der Waals surface area contributed by atoms with Crippen molar-refractivity contribution < 1.29 is 0 Å². The summed E-state index contributed by atoms with van der Waals surface area (Å²) in [5.74, 6) is 0. The van der Waals surface area contributed by atoms with Crippen molar-refractivity contribution in [2.75, 3.05) is 13.1 Å². The minimum absolute atomic E-state index is 0. The Balaban J connectivity index is 0.00000256. The Bertz CT molecular complexity index is 361. The van der Waals surface area contributed by atoms with Crippen LogP contribution in [0.1, 0.15) is 16.7 Å². The minimum atomic E-state index is 0. The molecular formula is C15H22ClN. The molecule has 0 aliphatic rings. The molecule has 2 heteroatoms. The SMILES string of the molecule is C=CCN(CC=C)Cc1cccc(C)c1C.Cl. The van der Waals surface area contributed by atoms with E-state index in [0.29, 0.717) is 0 Å². The summed E-state index contributed by atoms with van der Waals surface area (Å²) in [6, 6.07) is 6.48. The summed E-state index contributed by atoms with van der Waals surface area (Å²) in [5, 5.41) is 0. The molecule has 0 atom stereocenters. The van der Waals surface area contributed by atoms with Crippen LogP contribution in [0.25, 0.3) is 0 Å². The van der Waals surface area contributed by atoms with Crippen LogP contribution in [0, 0.1) is 13.8 Å². The molecule has 0 radical (unpaired) electrons. The molecule has 17 heavy (non-hydrogen) atoms. The first-order valence-electron chi connectivity index (χ1n) is 5.68. The maximum Gasteiger partial charge on any atom is 0.0243 e. The van der Waals surface area contributed by atoms with Gasteiger partial charge in [-0.25, -0.2) is 0 Å². The average molecular weight is 252 g/mol. The Morgan fingerprint density at radius 3 is 2.24 bits per heavy atom. The molecule has 1 aromatic rings. The first-order chi connectivity index (χ1) is 7.69. The smallest absolute Gasteiger partial charge is 0.0243 e. The predicted molar refractivity (Wildman–Crippen MR) is 78.8 cm³/mol. The summed E-state index contributed by atoms with van der Waals surface area (Å²) in [6.07, 6.45) is 3.88. The van der Waals surface area contributed by atoms with Gasteiger partial charge in [0.15, 0.2) is 0 Å². The monoisotopic (exact) mass is 251 g/mol. The molecule has 0 aromatic heterocycles. The first kappa shape index (κ1) is 16.0. The molecule has 0 saturated carbocycles. The van der Waals surface area contributed by atoms with Crippen LogP contribution in [0.15, 0.2) is 43.5 Å². The highest BCUT2D eigenvalue weighted by molar-refractivity contribution is 5.85. The van der Waals surface area contributed by atoms with E-state index in [0.717, 1.165) is 19.6 Å². The molecule has 1 aromatic carbocycles. The zero-order chi connectivity index (χ0) is 12.0. The molecule has 0 N–H and O–H groups in total. The molecule has 1 rings (SSSR count). The fraction of sp³-hybridized carbons (Fsp3) is 0.333. The zero-order valence-electron chi connectivity index (χ0n) is 10.8. The highest BCUT2D eigenvalue weighted by Crippen LogP contribution is 2.14. The van der Waals surface area contributed by atoms with Gasteiger partial charge in [-0.15, -0.1) is 25.6 Å². The topological polar surface area (TPSA) is 3.24 Å². The number of hydrogen-bond acceptors (Lipinski definition) is 1. The third kappa shape index (κ3) is 4.76. The van der Waals surface area contributed by atoms with E-state index < -0.39 is 0 Å². The lowest BCUT2D eigenvalue weighted by atomic mass is 10.0. The van der Waals surface area contributed by atoms with E-state index in [-0.39, 0.29) is 12.4 Å². The van der Waals surface area contributed by atoms with Crippen LogP contribution in [0.2, 0.25) is 0 Å². The van der Waals surface area contributed by atoms with Crippen LogP contribution < -0.4 is 0 Å². The van der Waals surface area contributed by atoms with Gasteiger partial charge in [-0.05, 0) is 30.5 Å². The Morgan fingerprint density at radius 2 is 1.71 bits per heavy atom. The predicted octanol–water partition coefficient (Wildman–Crippen LogP) is 3.90. The summed E-state index contributed by atoms with van der Waals surface area (Å²) in [7, 11) is 0. The van der Waals surface area contributed by atoms with Crippen molar-refractivity contribution in [2.24, 2.45) is 0 Å². The van der Waals surface area contributed by atoms with E-state index in [1.54, 1.807) is 0 Å². The number of rotatable bonds is 6. The van der Waals surface area contributed by atoms with Crippen molar-refractivity contribution in [3.63, 3.8) is 0 Å². The molecule has 0 unspecified atom stereocenters. The highest BCUT2D eigenvalue weighted by atomic mass is 35.5. The van der Waals surface area contributed by atoms with Crippen molar-refractivity contribution in [3.05, 3.63) is 60.2 Å². The summed E-state index contributed by atoms with van der Waals surface area (Å²) >= 11 is 0. The van der Waals surface area contributed by atoms with E-state index in [4.69, 9.17) is 0 Å². The first-order valence-corrected chi connectivity index (χ1v) is 5.68. The second-order valence-corrected chi connectivity index (χ2v) is 4.13. The number of aryl methyl sites for hydroxylation is 1. The Morgan fingerprint density at radius 1 is 1.12 bits per heavy atom. The van der Waals surface area contributed by atoms with Crippen molar-refractivity contribution >= 4 is 12.4 Å². The molecule has 0 spiro atoms. The molecule has 1 nitrogen and oxygen atoms in total. The molecule has 0 fully saturated rings. The van der Waals surface area contributed by atoms with Crippen molar-refractivity contribution in [1.82, 2.24) is 4.90 Å². The molecule has 0 amide bonds. The fourth-order valence-electron chi connectivity index (χ4n) is 1.79. The molecule has 0 aliphatic heterocycles. The van der Waals surface area contributed by atoms with Gasteiger partial charge in [-0.2, -0.15) is 0 Å².